The standard InChI is InChI=1S/C21H32BrN3O3Si/c1-15(2)14-28-19-8-7-18(22)12-17(19)13-25-16(3)11-20(23-25)24(21(26)27)9-10-29(4,5)6/h7-8,11-12,15H,9-10,13-14H2,1-6H3,(H,26,27). The van der Waals surface area contributed by atoms with E-state index in [-0.39, 0.29) is 0 Å². The van der Waals surface area contributed by atoms with Gasteiger partial charge in [0.2, 0.25) is 0 Å². The number of carbonyl (C=O) groups is 1. The number of aryl methyl sites for hydroxylation is 1. The fraction of sp³-hybridized carbons (Fsp3) is 0.524. The van der Waals surface area contributed by atoms with Gasteiger partial charge < -0.3 is 9.84 Å². The fourth-order valence-electron chi connectivity index (χ4n) is 2.77. The second-order valence-corrected chi connectivity index (χ2v) is 15.5. The van der Waals surface area contributed by atoms with E-state index in [4.69, 9.17) is 4.74 Å². The number of benzene rings is 1. The van der Waals surface area contributed by atoms with E-state index in [9.17, 15) is 9.90 Å². The van der Waals surface area contributed by atoms with Gasteiger partial charge >= 0.3 is 6.09 Å². The maximum Gasteiger partial charge on any atom is 0.413 e. The van der Waals surface area contributed by atoms with E-state index < -0.39 is 14.2 Å². The molecule has 6 nitrogen and oxygen atoms in total. The van der Waals surface area contributed by atoms with Gasteiger partial charge in [-0.05, 0) is 37.1 Å². The maximum absolute atomic E-state index is 11.8. The molecule has 0 spiro atoms. The van der Waals surface area contributed by atoms with Crippen molar-refractivity contribution >= 4 is 35.9 Å². The molecule has 1 aromatic heterocycles. The third-order valence-electron chi connectivity index (χ3n) is 4.48. The molecule has 0 saturated carbocycles. The van der Waals surface area contributed by atoms with Gasteiger partial charge in [-0.25, -0.2) is 4.79 Å². The molecule has 8 heteroatoms. The number of hydrogen-bond acceptors (Lipinski definition) is 3. The Bertz CT molecular complexity index is 846. The predicted molar refractivity (Wildman–Crippen MR) is 124 cm³/mol. The minimum absolute atomic E-state index is 0.431. The Hall–Kier alpha value is -1.80. The van der Waals surface area contributed by atoms with Crippen LogP contribution in [-0.4, -0.2) is 42.2 Å². The van der Waals surface area contributed by atoms with Crippen LogP contribution < -0.4 is 9.64 Å². The van der Waals surface area contributed by atoms with E-state index in [1.807, 2.05) is 35.9 Å². The normalized spacial score (nSPS) is 11.7. The molecule has 0 unspecified atom stereocenters. The molecule has 0 saturated heterocycles. The van der Waals surface area contributed by atoms with E-state index in [0.29, 0.717) is 31.4 Å². The van der Waals surface area contributed by atoms with Gasteiger partial charge in [0.1, 0.15) is 5.75 Å². The van der Waals surface area contributed by atoms with Gasteiger partial charge in [0, 0.05) is 36.4 Å². The molecule has 0 fully saturated rings. The van der Waals surface area contributed by atoms with Crippen LogP contribution in [0.5, 0.6) is 5.75 Å². The van der Waals surface area contributed by atoms with Crippen LogP contribution in [0.1, 0.15) is 25.1 Å². The Morgan fingerprint density at radius 2 is 2.00 bits per heavy atom. The number of halogens is 1. The zero-order valence-electron chi connectivity index (χ0n) is 18.2. The lowest BCUT2D eigenvalue weighted by Crippen LogP contribution is -2.35. The summed E-state index contributed by atoms with van der Waals surface area (Å²) in [6, 6.07) is 8.67. The largest absolute Gasteiger partial charge is 0.493 e. The topological polar surface area (TPSA) is 67.6 Å². The van der Waals surface area contributed by atoms with Crippen LogP contribution >= 0.6 is 15.9 Å². The van der Waals surface area contributed by atoms with Gasteiger partial charge in [0.05, 0.1) is 13.2 Å². The predicted octanol–water partition coefficient (Wildman–Crippen LogP) is 5.86. The molecule has 1 amide bonds. The molecule has 1 N–H and O–H groups in total. The van der Waals surface area contributed by atoms with E-state index in [2.05, 4.69) is 54.5 Å². The average Bonchev–Trinajstić information content (AvgIpc) is 2.93. The lowest BCUT2D eigenvalue weighted by Gasteiger charge is -2.21. The number of amides is 1. The molecule has 0 bridgehead atoms. The SMILES string of the molecule is Cc1cc(N(CC[Si](C)(C)C)C(=O)O)nn1Cc1cc(Br)ccc1OCC(C)C. The van der Waals surface area contributed by atoms with Gasteiger partial charge in [-0.3, -0.25) is 9.58 Å². The van der Waals surface area contributed by atoms with Crippen molar-refractivity contribution in [1.82, 2.24) is 9.78 Å². The highest BCUT2D eigenvalue weighted by Gasteiger charge is 2.22. The van der Waals surface area contributed by atoms with E-state index in [1.165, 1.54) is 4.90 Å². The van der Waals surface area contributed by atoms with E-state index in [0.717, 1.165) is 27.5 Å². The number of aromatic nitrogens is 2. The molecule has 160 valence electrons. The van der Waals surface area contributed by atoms with Gasteiger partial charge in [-0.15, -0.1) is 0 Å². The summed E-state index contributed by atoms with van der Waals surface area (Å²) in [5.74, 6) is 1.74. The Kier molecular flexibility index (Phi) is 7.93. The molecule has 2 aromatic rings. The molecule has 0 radical (unpaired) electrons. The molecular weight excluding hydrogens is 450 g/mol. The van der Waals surface area contributed by atoms with Crippen molar-refractivity contribution in [2.75, 3.05) is 18.1 Å². The summed E-state index contributed by atoms with van der Waals surface area (Å²) < 4.78 is 8.78. The van der Waals surface area contributed by atoms with Crippen LogP contribution in [0.15, 0.2) is 28.7 Å². The Labute approximate surface area is 183 Å². The van der Waals surface area contributed by atoms with Crippen LogP contribution in [0.4, 0.5) is 10.6 Å². The van der Waals surface area contributed by atoms with E-state index in [1.54, 1.807) is 0 Å². The van der Waals surface area contributed by atoms with Crippen LogP contribution in [0, 0.1) is 12.8 Å². The van der Waals surface area contributed by atoms with Crippen molar-refractivity contribution < 1.29 is 14.6 Å². The second kappa shape index (κ2) is 9.80. The fourth-order valence-corrected chi connectivity index (χ4v) is 4.07. The first-order valence-corrected chi connectivity index (χ1v) is 14.4. The highest BCUT2D eigenvalue weighted by molar-refractivity contribution is 9.10. The molecule has 1 heterocycles. The summed E-state index contributed by atoms with van der Waals surface area (Å²) in [5, 5.41) is 14.3. The van der Waals surface area contributed by atoms with Crippen molar-refractivity contribution in [3.05, 3.63) is 40.0 Å². The summed E-state index contributed by atoms with van der Waals surface area (Å²) >= 11 is 3.53. The average molecular weight is 482 g/mol. The van der Waals surface area contributed by atoms with Crippen molar-refractivity contribution in [1.29, 1.82) is 0 Å². The monoisotopic (exact) mass is 481 g/mol. The number of rotatable bonds is 9. The van der Waals surface area contributed by atoms with Gasteiger partial charge in [-0.1, -0.05) is 49.4 Å². The smallest absolute Gasteiger partial charge is 0.413 e. The first-order chi connectivity index (χ1) is 13.5. The van der Waals surface area contributed by atoms with Crippen LogP contribution in [0.2, 0.25) is 25.7 Å². The first-order valence-electron chi connectivity index (χ1n) is 9.92. The molecule has 1 aromatic carbocycles. The van der Waals surface area contributed by atoms with E-state index >= 15 is 0 Å². The summed E-state index contributed by atoms with van der Waals surface area (Å²) in [6.07, 6.45) is -0.962. The summed E-state index contributed by atoms with van der Waals surface area (Å²) in [5.41, 5.74) is 1.91. The van der Waals surface area contributed by atoms with Crippen LogP contribution in [-0.2, 0) is 6.54 Å². The van der Waals surface area contributed by atoms with Gasteiger partial charge in [-0.2, -0.15) is 5.10 Å². The molecular formula is C21H32BrN3O3Si. The van der Waals surface area contributed by atoms with Crippen LogP contribution in [0.25, 0.3) is 0 Å². The number of nitrogens with zero attached hydrogens (tertiary/aromatic N) is 3. The summed E-state index contributed by atoms with van der Waals surface area (Å²) in [7, 11) is -1.36. The van der Waals surface area contributed by atoms with Crippen molar-refractivity contribution in [2.24, 2.45) is 5.92 Å². The highest BCUT2D eigenvalue weighted by atomic mass is 79.9. The molecule has 0 atom stereocenters. The molecule has 0 aliphatic carbocycles. The van der Waals surface area contributed by atoms with Crippen LogP contribution in [0.3, 0.4) is 0 Å². The third-order valence-corrected chi connectivity index (χ3v) is 6.69. The quantitative estimate of drug-likeness (QED) is 0.455. The van der Waals surface area contributed by atoms with Crippen molar-refractivity contribution in [2.45, 2.75) is 53.0 Å². The van der Waals surface area contributed by atoms with Crippen molar-refractivity contribution in [3.63, 3.8) is 0 Å². The minimum Gasteiger partial charge on any atom is -0.493 e. The second-order valence-electron chi connectivity index (χ2n) is 9.00. The van der Waals surface area contributed by atoms with Crippen molar-refractivity contribution in [3.8, 4) is 5.75 Å². The third kappa shape index (κ3) is 7.19. The number of carboxylic acid groups (broad SMARTS) is 1. The lowest BCUT2D eigenvalue weighted by atomic mass is 10.2. The number of anilines is 1. The first kappa shape index (κ1) is 23.5. The summed E-state index contributed by atoms with van der Waals surface area (Å²) in [4.78, 5) is 13.2. The lowest BCUT2D eigenvalue weighted by molar-refractivity contribution is 0.202. The highest BCUT2D eigenvalue weighted by Crippen LogP contribution is 2.26. The molecule has 0 aliphatic heterocycles. The Morgan fingerprint density at radius 1 is 1.31 bits per heavy atom. The Balaban J connectivity index is 2.26. The van der Waals surface area contributed by atoms with Gasteiger partial charge in [0.25, 0.3) is 0 Å². The zero-order chi connectivity index (χ0) is 21.8. The summed E-state index contributed by atoms with van der Waals surface area (Å²) in [6.45, 7) is 14.5. The molecule has 29 heavy (non-hydrogen) atoms. The number of hydrogen-bond donors (Lipinski definition) is 1. The molecule has 2 rings (SSSR count). The maximum atomic E-state index is 11.8. The Morgan fingerprint density at radius 3 is 2.59 bits per heavy atom. The zero-order valence-corrected chi connectivity index (χ0v) is 20.8. The number of ether oxygens (including phenoxy) is 1. The van der Waals surface area contributed by atoms with Gasteiger partial charge in [0.15, 0.2) is 5.82 Å². The molecule has 0 aliphatic rings. The minimum atomic E-state index is -1.36.